The molecule has 0 unspecified atom stereocenters. The van der Waals surface area contributed by atoms with Crippen molar-refractivity contribution in [2.75, 3.05) is 4.90 Å². The topological polar surface area (TPSA) is 77.5 Å². The monoisotopic (exact) mass is 412 g/mol. The van der Waals surface area contributed by atoms with Crippen LogP contribution in [0.1, 0.15) is 28.2 Å². The van der Waals surface area contributed by atoms with Crippen LogP contribution in [0.3, 0.4) is 0 Å². The molecule has 5 nitrogen and oxygen atoms in total. The third kappa shape index (κ3) is 1.93. The number of carbonyl (C=O) groups excluding carboxylic acids is 3. The maximum absolute atomic E-state index is 14.6. The minimum atomic E-state index is -1.82. The highest BCUT2D eigenvalue weighted by atomic mass is 19.1. The van der Waals surface area contributed by atoms with E-state index in [1.165, 1.54) is 24.3 Å². The van der Waals surface area contributed by atoms with Crippen molar-refractivity contribution in [3.63, 3.8) is 0 Å². The number of benzene rings is 3. The Hall–Kier alpha value is -3.80. The average molecular weight is 412 g/mol. The number of aliphatic carboxylic acids is 1. The van der Waals surface area contributed by atoms with Crippen molar-refractivity contribution in [3.05, 3.63) is 101 Å². The average Bonchev–Trinajstić information content (AvgIpc) is 3.05. The largest absolute Gasteiger partial charge is 0.549 e. The highest BCUT2D eigenvalue weighted by Crippen LogP contribution is 2.64. The zero-order valence-corrected chi connectivity index (χ0v) is 16.1. The normalized spacial score (nSPS) is 27.6. The van der Waals surface area contributed by atoms with Crippen LogP contribution in [-0.4, -0.2) is 17.8 Å². The molecule has 2 bridgehead atoms. The Labute approximate surface area is 176 Å². The van der Waals surface area contributed by atoms with Crippen molar-refractivity contribution in [2.24, 2.45) is 11.8 Å². The summed E-state index contributed by atoms with van der Waals surface area (Å²) in [6, 6.07) is 19.5. The van der Waals surface area contributed by atoms with Crippen LogP contribution in [-0.2, 0) is 19.8 Å². The van der Waals surface area contributed by atoms with Crippen LogP contribution in [0.5, 0.6) is 0 Å². The first-order chi connectivity index (χ1) is 15.0. The van der Waals surface area contributed by atoms with Gasteiger partial charge < -0.3 is 9.90 Å². The Bertz CT molecular complexity index is 1270. The number of hydrogen-bond donors (Lipinski definition) is 0. The number of amides is 2. The van der Waals surface area contributed by atoms with E-state index in [4.69, 9.17) is 0 Å². The van der Waals surface area contributed by atoms with E-state index in [-0.39, 0.29) is 5.69 Å². The molecule has 4 aliphatic rings. The van der Waals surface area contributed by atoms with Gasteiger partial charge in [0.25, 0.3) is 0 Å². The van der Waals surface area contributed by atoms with Crippen molar-refractivity contribution in [2.45, 2.75) is 11.3 Å². The fourth-order valence-corrected chi connectivity index (χ4v) is 5.99. The molecule has 1 saturated heterocycles. The number of carboxylic acids is 1. The number of halogens is 1. The van der Waals surface area contributed by atoms with E-state index >= 15 is 0 Å². The van der Waals surface area contributed by atoms with Gasteiger partial charge in [0, 0.05) is 5.92 Å². The Balaban J connectivity index is 1.69. The number of rotatable bonds is 2. The number of anilines is 1. The lowest BCUT2D eigenvalue weighted by Crippen LogP contribution is -2.61. The molecule has 0 spiro atoms. The number of carboxylic acid groups (broad SMARTS) is 1. The minimum absolute atomic E-state index is 0.159. The summed E-state index contributed by atoms with van der Waals surface area (Å²) in [6.45, 7) is 0. The smallest absolute Gasteiger partial charge is 0.239 e. The minimum Gasteiger partial charge on any atom is -0.549 e. The molecule has 2 atom stereocenters. The SMILES string of the molecule is O=C1[C@@H]2C3c4ccccc4C(C(=O)[O-])(c4ccccc43)[C@H]2C(=O)N1c1ccccc1F. The Morgan fingerprint density at radius 1 is 0.839 bits per heavy atom. The summed E-state index contributed by atoms with van der Waals surface area (Å²) in [5, 5.41) is 12.9. The molecule has 152 valence electrons. The fraction of sp³-hybridized carbons (Fsp3) is 0.160. The first kappa shape index (κ1) is 18.0. The van der Waals surface area contributed by atoms with E-state index in [0.717, 1.165) is 4.90 Å². The maximum Gasteiger partial charge on any atom is 0.239 e. The number of imide groups is 1. The van der Waals surface area contributed by atoms with Gasteiger partial charge in [0.05, 0.1) is 28.9 Å². The fourth-order valence-electron chi connectivity index (χ4n) is 5.99. The summed E-state index contributed by atoms with van der Waals surface area (Å²) in [7, 11) is 0. The molecule has 0 saturated carbocycles. The number of carbonyl (C=O) groups is 3. The molecule has 3 aromatic rings. The summed E-state index contributed by atoms with van der Waals surface area (Å²) in [5.74, 6) is -6.09. The van der Waals surface area contributed by atoms with Gasteiger partial charge in [-0.3, -0.25) is 9.59 Å². The first-order valence-corrected chi connectivity index (χ1v) is 10.0. The molecule has 1 aliphatic heterocycles. The third-order valence-corrected chi connectivity index (χ3v) is 7.03. The highest BCUT2D eigenvalue weighted by Gasteiger charge is 2.69. The van der Waals surface area contributed by atoms with Crippen LogP contribution >= 0.6 is 0 Å². The van der Waals surface area contributed by atoms with Crippen LogP contribution in [0.2, 0.25) is 0 Å². The molecule has 1 heterocycles. The summed E-state index contributed by atoms with van der Waals surface area (Å²) in [4.78, 5) is 41.0. The first-order valence-electron chi connectivity index (χ1n) is 10.0. The summed E-state index contributed by atoms with van der Waals surface area (Å²) in [5.41, 5.74) is 0.353. The van der Waals surface area contributed by atoms with Crippen molar-refractivity contribution in [3.8, 4) is 0 Å². The predicted molar refractivity (Wildman–Crippen MR) is 106 cm³/mol. The summed E-state index contributed by atoms with van der Waals surface area (Å²) >= 11 is 0. The lowest BCUT2D eigenvalue weighted by molar-refractivity contribution is -0.314. The number of nitrogens with zero attached hydrogens (tertiary/aromatic N) is 1. The molecule has 2 amide bonds. The van der Waals surface area contributed by atoms with Crippen LogP contribution in [0, 0.1) is 17.7 Å². The molecule has 7 rings (SSSR count). The van der Waals surface area contributed by atoms with Gasteiger partial charge in [-0.1, -0.05) is 60.7 Å². The molecule has 0 radical (unpaired) electrons. The highest BCUT2D eigenvalue weighted by molar-refractivity contribution is 6.25. The van der Waals surface area contributed by atoms with Crippen LogP contribution < -0.4 is 10.0 Å². The standard InChI is InChI=1S/C25H16FNO4/c26-17-11-5-6-12-18(17)27-22(28)20-19-13-7-1-3-9-15(13)25(24(30)31,21(20)23(27)29)16-10-4-2-8-14(16)19/h1-12,19-21H,(H,30,31)/p-1/t19?,20-,21-,25?/m1/s1. The second-order valence-corrected chi connectivity index (χ2v) is 8.21. The van der Waals surface area contributed by atoms with Gasteiger partial charge in [-0.25, -0.2) is 9.29 Å². The Kier molecular flexibility index (Phi) is 3.41. The maximum atomic E-state index is 14.6. The van der Waals surface area contributed by atoms with Gasteiger partial charge in [0.2, 0.25) is 11.8 Å². The van der Waals surface area contributed by atoms with E-state index in [1.54, 1.807) is 48.5 Å². The zero-order valence-electron chi connectivity index (χ0n) is 16.1. The molecule has 0 N–H and O–H groups in total. The molecule has 0 aromatic heterocycles. The molecule has 31 heavy (non-hydrogen) atoms. The number of para-hydroxylation sites is 1. The Morgan fingerprint density at radius 2 is 1.39 bits per heavy atom. The molecule has 6 heteroatoms. The van der Waals surface area contributed by atoms with Crippen molar-refractivity contribution in [1.82, 2.24) is 0 Å². The molecule has 3 aromatic carbocycles. The molecular weight excluding hydrogens is 397 g/mol. The van der Waals surface area contributed by atoms with E-state index in [1.807, 2.05) is 0 Å². The van der Waals surface area contributed by atoms with Crippen LogP contribution in [0.25, 0.3) is 0 Å². The van der Waals surface area contributed by atoms with Crippen molar-refractivity contribution in [1.29, 1.82) is 0 Å². The van der Waals surface area contributed by atoms with E-state index in [2.05, 4.69) is 0 Å². The van der Waals surface area contributed by atoms with Gasteiger partial charge in [0.1, 0.15) is 5.82 Å². The van der Waals surface area contributed by atoms with Crippen molar-refractivity contribution < 1.29 is 23.9 Å². The molecular formula is C25H15FNO4-. The van der Waals surface area contributed by atoms with E-state index < -0.39 is 46.8 Å². The second-order valence-electron chi connectivity index (χ2n) is 8.21. The quantitative estimate of drug-likeness (QED) is 0.604. The molecule has 3 aliphatic carbocycles. The zero-order chi connectivity index (χ0) is 21.5. The van der Waals surface area contributed by atoms with Gasteiger partial charge in [-0.15, -0.1) is 0 Å². The van der Waals surface area contributed by atoms with Crippen LogP contribution in [0.15, 0.2) is 72.8 Å². The van der Waals surface area contributed by atoms with Crippen molar-refractivity contribution >= 4 is 23.5 Å². The number of hydrogen-bond acceptors (Lipinski definition) is 4. The summed E-state index contributed by atoms with van der Waals surface area (Å²) < 4.78 is 14.6. The second kappa shape index (κ2) is 5.88. The van der Waals surface area contributed by atoms with Crippen LogP contribution in [0.4, 0.5) is 10.1 Å². The van der Waals surface area contributed by atoms with Gasteiger partial charge in [-0.05, 0) is 34.4 Å². The van der Waals surface area contributed by atoms with Gasteiger partial charge in [0.15, 0.2) is 0 Å². The van der Waals surface area contributed by atoms with E-state index in [9.17, 15) is 23.9 Å². The Morgan fingerprint density at radius 3 is 1.97 bits per heavy atom. The van der Waals surface area contributed by atoms with Gasteiger partial charge in [-0.2, -0.15) is 0 Å². The third-order valence-electron chi connectivity index (χ3n) is 7.03. The van der Waals surface area contributed by atoms with Gasteiger partial charge >= 0.3 is 0 Å². The van der Waals surface area contributed by atoms with E-state index in [0.29, 0.717) is 22.3 Å². The molecule has 1 fully saturated rings. The summed E-state index contributed by atoms with van der Waals surface area (Å²) in [6.07, 6.45) is 0. The lowest BCUT2D eigenvalue weighted by atomic mass is 9.47. The lowest BCUT2D eigenvalue weighted by Gasteiger charge is -2.54. The predicted octanol–water partition coefficient (Wildman–Crippen LogP) is 2.13.